The Balaban J connectivity index is 2.68. The molecule has 0 aliphatic rings. The van der Waals surface area contributed by atoms with Gasteiger partial charge in [-0.1, -0.05) is 43.9 Å². The van der Waals surface area contributed by atoms with Gasteiger partial charge in [-0.25, -0.2) is 0 Å². The molecule has 0 saturated carbocycles. The SMILES string of the molecule is CCC(C)C(=O)NCc1ccccc1C#CCCO. The van der Waals surface area contributed by atoms with Crippen LogP contribution in [0.4, 0.5) is 0 Å². The van der Waals surface area contributed by atoms with Gasteiger partial charge >= 0.3 is 0 Å². The number of aliphatic hydroxyl groups excluding tert-OH is 1. The fourth-order valence-corrected chi connectivity index (χ4v) is 1.55. The molecule has 3 nitrogen and oxygen atoms in total. The second-order valence-corrected chi connectivity index (χ2v) is 4.46. The van der Waals surface area contributed by atoms with E-state index >= 15 is 0 Å². The van der Waals surface area contributed by atoms with Crippen LogP contribution in [-0.2, 0) is 11.3 Å². The van der Waals surface area contributed by atoms with E-state index in [1.54, 1.807) is 0 Å². The number of hydrogen-bond acceptors (Lipinski definition) is 2. The third-order valence-corrected chi connectivity index (χ3v) is 2.99. The molecule has 0 aliphatic heterocycles. The zero-order chi connectivity index (χ0) is 14.1. The number of amides is 1. The molecule has 0 radical (unpaired) electrons. The van der Waals surface area contributed by atoms with Crippen LogP contribution in [0.1, 0.15) is 37.8 Å². The second kappa shape index (κ2) is 8.34. The molecule has 1 aromatic rings. The largest absolute Gasteiger partial charge is 0.395 e. The van der Waals surface area contributed by atoms with Crippen molar-refractivity contribution in [2.24, 2.45) is 5.92 Å². The van der Waals surface area contributed by atoms with Crippen LogP contribution < -0.4 is 5.32 Å². The van der Waals surface area contributed by atoms with Crippen molar-refractivity contribution in [3.05, 3.63) is 35.4 Å². The number of carbonyl (C=O) groups excluding carboxylic acids is 1. The van der Waals surface area contributed by atoms with Crippen molar-refractivity contribution in [3.63, 3.8) is 0 Å². The topological polar surface area (TPSA) is 49.3 Å². The number of carbonyl (C=O) groups is 1. The first-order chi connectivity index (χ1) is 9.19. The Morgan fingerprint density at radius 2 is 2.16 bits per heavy atom. The van der Waals surface area contributed by atoms with E-state index in [4.69, 9.17) is 5.11 Å². The highest BCUT2D eigenvalue weighted by Gasteiger charge is 2.10. The lowest BCUT2D eigenvalue weighted by atomic mass is 10.1. The van der Waals surface area contributed by atoms with Gasteiger partial charge in [-0.3, -0.25) is 4.79 Å². The Hall–Kier alpha value is -1.79. The fraction of sp³-hybridized carbons (Fsp3) is 0.438. The molecular weight excluding hydrogens is 238 g/mol. The van der Waals surface area contributed by atoms with Gasteiger partial charge in [0, 0.05) is 24.4 Å². The summed E-state index contributed by atoms with van der Waals surface area (Å²) in [6.45, 7) is 4.48. The van der Waals surface area contributed by atoms with Crippen LogP contribution in [0.3, 0.4) is 0 Å². The average Bonchev–Trinajstić information content (AvgIpc) is 2.45. The zero-order valence-electron chi connectivity index (χ0n) is 11.6. The first-order valence-electron chi connectivity index (χ1n) is 6.64. The Morgan fingerprint density at radius 1 is 1.42 bits per heavy atom. The number of benzene rings is 1. The standard InChI is InChI=1S/C16H21NO2/c1-3-13(2)16(19)17-12-15-10-5-4-8-14(15)9-6-7-11-18/h4-5,8,10,13,18H,3,7,11-12H2,1-2H3,(H,17,19). The van der Waals surface area contributed by atoms with E-state index in [0.717, 1.165) is 17.5 Å². The van der Waals surface area contributed by atoms with Crippen LogP contribution in [-0.4, -0.2) is 17.6 Å². The monoisotopic (exact) mass is 259 g/mol. The lowest BCUT2D eigenvalue weighted by Gasteiger charge is -2.11. The van der Waals surface area contributed by atoms with E-state index in [-0.39, 0.29) is 18.4 Å². The van der Waals surface area contributed by atoms with Crippen LogP contribution in [0.2, 0.25) is 0 Å². The molecule has 0 aromatic heterocycles. The Bertz CT molecular complexity index is 471. The number of aliphatic hydroxyl groups is 1. The molecule has 2 N–H and O–H groups in total. The minimum atomic E-state index is 0.0348. The van der Waals surface area contributed by atoms with Crippen molar-refractivity contribution in [2.45, 2.75) is 33.2 Å². The highest BCUT2D eigenvalue weighted by atomic mass is 16.2. The fourth-order valence-electron chi connectivity index (χ4n) is 1.55. The van der Waals surface area contributed by atoms with Crippen LogP contribution in [0.15, 0.2) is 24.3 Å². The summed E-state index contributed by atoms with van der Waals surface area (Å²) in [5.74, 6) is 6.03. The van der Waals surface area contributed by atoms with Gasteiger partial charge in [-0.2, -0.15) is 0 Å². The number of hydrogen-bond donors (Lipinski definition) is 2. The Labute approximate surface area is 115 Å². The minimum absolute atomic E-state index is 0.0348. The summed E-state index contributed by atoms with van der Waals surface area (Å²) in [4.78, 5) is 11.7. The zero-order valence-corrected chi connectivity index (χ0v) is 11.6. The predicted octanol–water partition coefficient (Wildman–Crippen LogP) is 2.08. The van der Waals surface area contributed by atoms with Gasteiger partial charge in [0.05, 0.1) is 6.61 Å². The van der Waals surface area contributed by atoms with Crippen molar-refractivity contribution >= 4 is 5.91 Å². The summed E-state index contributed by atoms with van der Waals surface area (Å²) >= 11 is 0. The first-order valence-corrected chi connectivity index (χ1v) is 6.64. The van der Waals surface area contributed by atoms with E-state index in [0.29, 0.717) is 13.0 Å². The van der Waals surface area contributed by atoms with Crippen molar-refractivity contribution in [1.82, 2.24) is 5.32 Å². The summed E-state index contributed by atoms with van der Waals surface area (Å²) in [7, 11) is 0. The maximum absolute atomic E-state index is 11.7. The molecular formula is C16H21NO2. The quantitative estimate of drug-likeness (QED) is 0.795. The molecule has 1 aromatic carbocycles. The smallest absolute Gasteiger partial charge is 0.223 e. The molecule has 19 heavy (non-hydrogen) atoms. The van der Waals surface area contributed by atoms with Gasteiger partial charge in [0.1, 0.15) is 0 Å². The number of nitrogens with one attached hydrogen (secondary N) is 1. The highest BCUT2D eigenvalue weighted by Crippen LogP contribution is 2.08. The maximum atomic E-state index is 11.7. The maximum Gasteiger partial charge on any atom is 0.223 e. The molecule has 0 heterocycles. The lowest BCUT2D eigenvalue weighted by Crippen LogP contribution is -2.28. The van der Waals surface area contributed by atoms with Crippen molar-refractivity contribution in [1.29, 1.82) is 0 Å². The molecule has 0 fully saturated rings. The molecule has 1 atom stereocenters. The minimum Gasteiger partial charge on any atom is -0.395 e. The molecule has 0 aliphatic carbocycles. The van der Waals surface area contributed by atoms with E-state index < -0.39 is 0 Å². The average molecular weight is 259 g/mol. The van der Waals surface area contributed by atoms with Crippen molar-refractivity contribution in [3.8, 4) is 11.8 Å². The normalized spacial score (nSPS) is 11.3. The molecule has 0 spiro atoms. The van der Waals surface area contributed by atoms with Crippen LogP contribution in [0, 0.1) is 17.8 Å². The molecule has 3 heteroatoms. The van der Waals surface area contributed by atoms with Gasteiger partial charge in [0.15, 0.2) is 0 Å². The summed E-state index contributed by atoms with van der Waals surface area (Å²) < 4.78 is 0. The van der Waals surface area contributed by atoms with Crippen molar-refractivity contribution in [2.75, 3.05) is 6.61 Å². The van der Waals surface area contributed by atoms with E-state index in [1.165, 1.54) is 0 Å². The van der Waals surface area contributed by atoms with Gasteiger partial charge in [0.2, 0.25) is 5.91 Å². The Morgan fingerprint density at radius 3 is 2.84 bits per heavy atom. The van der Waals surface area contributed by atoms with E-state index in [9.17, 15) is 4.79 Å². The summed E-state index contributed by atoms with van der Waals surface area (Å²) in [5.41, 5.74) is 1.91. The third-order valence-electron chi connectivity index (χ3n) is 2.99. The lowest BCUT2D eigenvalue weighted by molar-refractivity contribution is -0.124. The van der Waals surface area contributed by atoms with Gasteiger partial charge < -0.3 is 10.4 Å². The van der Waals surface area contributed by atoms with E-state index in [1.807, 2.05) is 38.1 Å². The first kappa shape index (κ1) is 15.3. The molecule has 1 rings (SSSR count). The molecule has 1 amide bonds. The van der Waals surface area contributed by atoms with Gasteiger partial charge in [0.25, 0.3) is 0 Å². The number of rotatable bonds is 5. The van der Waals surface area contributed by atoms with E-state index in [2.05, 4.69) is 17.2 Å². The molecule has 0 saturated heterocycles. The summed E-state index contributed by atoms with van der Waals surface area (Å²) in [6, 6.07) is 7.74. The van der Waals surface area contributed by atoms with Gasteiger partial charge in [-0.15, -0.1) is 0 Å². The highest BCUT2D eigenvalue weighted by molar-refractivity contribution is 5.78. The Kier molecular flexibility index (Phi) is 6.70. The molecule has 0 bridgehead atoms. The second-order valence-electron chi connectivity index (χ2n) is 4.46. The van der Waals surface area contributed by atoms with Crippen LogP contribution in [0.25, 0.3) is 0 Å². The molecule has 102 valence electrons. The van der Waals surface area contributed by atoms with Crippen LogP contribution >= 0.6 is 0 Å². The third kappa shape index (κ3) is 5.15. The van der Waals surface area contributed by atoms with Crippen molar-refractivity contribution < 1.29 is 9.90 Å². The van der Waals surface area contributed by atoms with Crippen LogP contribution in [0.5, 0.6) is 0 Å². The van der Waals surface area contributed by atoms with Gasteiger partial charge in [-0.05, 0) is 18.1 Å². The predicted molar refractivity (Wildman–Crippen MR) is 76.3 cm³/mol. The summed E-state index contributed by atoms with van der Waals surface area (Å²) in [6.07, 6.45) is 1.30. The summed E-state index contributed by atoms with van der Waals surface area (Å²) in [5, 5.41) is 11.6. The molecule has 1 unspecified atom stereocenters.